The van der Waals surface area contributed by atoms with Gasteiger partial charge in [-0.1, -0.05) is 11.6 Å². The van der Waals surface area contributed by atoms with Crippen LogP contribution >= 0.6 is 0 Å². The zero-order chi connectivity index (χ0) is 20.5. The predicted molar refractivity (Wildman–Crippen MR) is 96.8 cm³/mol. The number of nitrogens with zero attached hydrogens (tertiary/aromatic N) is 1. The van der Waals surface area contributed by atoms with Crippen molar-refractivity contribution in [2.24, 2.45) is 0 Å². The summed E-state index contributed by atoms with van der Waals surface area (Å²) < 4.78 is 38.0. The van der Waals surface area contributed by atoms with Crippen molar-refractivity contribution in [2.45, 2.75) is 38.4 Å². The number of aromatic nitrogens is 1. The number of aromatic amines is 1. The second-order valence-electron chi connectivity index (χ2n) is 6.91. The summed E-state index contributed by atoms with van der Waals surface area (Å²) >= 11 is 0. The van der Waals surface area contributed by atoms with Crippen molar-refractivity contribution >= 4 is 22.7 Å². The molecule has 2 N–H and O–H groups in total. The second-order valence-corrected chi connectivity index (χ2v) is 6.91. The number of carbonyl (C=O) groups excluding carboxylic acids is 2. The number of likely N-dealkylation sites (tertiary alicyclic amines) is 1. The second kappa shape index (κ2) is 7.65. The fourth-order valence-corrected chi connectivity index (χ4v) is 3.44. The van der Waals surface area contributed by atoms with Crippen molar-refractivity contribution in [3.63, 3.8) is 0 Å². The van der Waals surface area contributed by atoms with Gasteiger partial charge in [0.1, 0.15) is 6.04 Å². The van der Waals surface area contributed by atoms with Gasteiger partial charge < -0.3 is 15.2 Å². The Bertz CT molecular complexity index is 968. The maximum atomic E-state index is 12.7. The number of H-pyrrole nitrogens is 1. The van der Waals surface area contributed by atoms with Gasteiger partial charge in [-0.2, -0.15) is 13.2 Å². The fraction of sp³-hybridized carbons (Fsp3) is 0.421. The van der Waals surface area contributed by atoms with Crippen molar-refractivity contribution in [3.05, 3.63) is 45.7 Å². The number of nitrogens with one attached hydrogen (secondary N) is 2. The quantitative estimate of drug-likeness (QED) is 0.831. The third-order valence-corrected chi connectivity index (χ3v) is 4.83. The van der Waals surface area contributed by atoms with Crippen LogP contribution in [0.3, 0.4) is 0 Å². The van der Waals surface area contributed by atoms with Crippen molar-refractivity contribution in [3.8, 4) is 0 Å². The molecular weight excluding hydrogens is 375 g/mol. The Morgan fingerprint density at radius 2 is 2.04 bits per heavy atom. The van der Waals surface area contributed by atoms with Crippen LogP contribution in [0.25, 0.3) is 10.9 Å². The van der Waals surface area contributed by atoms with E-state index >= 15 is 0 Å². The highest BCUT2D eigenvalue weighted by atomic mass is 19.4. The summed E-state index contributed by atoms with van der Waals surface area (Å²) in [6, 6.07) is 6.22. The number of hydrogen-bond acceptors (Lipinski definition) is 3. The number of fused-ring (bicyclic) bond motifs is 1. The van der Waals surface area contributed by atoms with Gasteiger partial charge in [0.05, 0.1) is 0 Å². The summed E-state index contributed by atoms with van der Waals surface area (Å²) in [4.78, 5) is 39.2. The Labute approximate surface area is 158 Å². The largest absolute Gasteiger partial charge is 0.471 e. The highest BCUT2D eigenvalue weighted by molar-refractivity contribution is 5.90. The van der Waals surface area contributed by atoms with Crippen LogP contribution in [0, 0.1) is 6.92 Å². The van der Waals surface area contributed by atoms with E-state index in [4.69, 9.17) is 0 Å². The number of carbonyl (C=O) groups is 2. The molecule has 2 aromatic rings. The predicted octanol–water partition coefficient (Wildman–Crippen LogP) is 2.05. The van der Waals surface area contributed by atoms with E-state index in [0.717, 1.165) is 10.9 Å². The van der Waals surface area contributed by atoms with Crippen molar-refractivity contribution < 1.29 is 22.8 Å². The first-order chi connectivity index (χ1) is 13.2. The fourth-order valence-electron chi connectivity index (χ4n) is 3.44. The third kappa shape index (κ3) is 4.18. The van der Waals surface area contributed by atoms with E-state index in [2.05, 4.69) is 10.3 Å². The van der Waals surface area contributed by atoms with E-state index < -0.39 is 24.0 Å². The molecule has 1 atom stereocenters. The maximum absolute atomic E-state index is 12.7. The van der Waals surface area contributed by atoms with Crippen molar-refractivity contribution in [1.82, 2.24) is 15.2 Å². The number of amides is 2. The molecule has 3 rings (SSSR count). The maximum Gasteiger partial charge on any atom is 0.471 e. The Kier molecular flexibility index (Phi) is 5.44. The molecule has 1 aliphatic heterocycles. The molecule has 150 valence electrons. The van der Waals surface area contributed by atoms with Crippen molar-refractivity contribution in [1.29, 1.82) is 0 Å². The Morgan fingerprint density at radius 1 is 1.29 bits per heavy atom. The van der Waals surface area contributed by atoms with Crippen LogP contribution in [-0.4, -0.2) is 47.0 Å². The van der Waals surface area contributed by atoms with Gasteiger partial charge >= 0.3 is 12.1 Å². The van der Waals surface area contributed by atoms with Crippen LogP contribution in [0.15, 0.2) is 29.1 Å². The van der Waals surface area contributed by atoms with Crippen molar-refractivity contribution in [2.75, 3.05) is 13.1 Å². The lowest BCUT2D eigenvalue weighted by Gasteiger charge is -2.24. The van der Waals surface area contributed by atoms with Gasteiger partial charge in [0.15, 0.2) is 0 Å². The van der Waals surface area contributed by atoms with Gasteiger partial charge in [-0.3, -0.25) is 14.4 Å². The van der Waals surface area contributed by atoms with E-state index in [-0.39, 0.29) is 31.5 Å². The zero-order valence-corrected chi connectivity index (χ0v) is 15.2. The first kappa shape index (κ1) is 19.9. The number of aryl methyl sites for hydroxylation is 1. The molecule has 1 fully saturated rings. The molecule has 0 saturated carbocycles. The molecule has 1 unspecified atom stereocenters. The minimum atomic E-state index is -5.00. The van der Waals surface area contributed by atoms with Gasteiger partial charge in [-0.25, -0.2) is 0 Å². The van der Waals surface area contributed by atoms with Crippen LogP contribution in [0.2, 0.25) is 0 Å². The molecule has 0 spiro atoms. The molecule has 2 heterocycles. The monoisotopic (exact) mass is 395 g/mol. The summed E-state index contributed by atoms with van der Waals surface area (Å²) in [5.74, 6) is -2.63. The molecule has 0 radical (unpaired) electrons. The molecule has 1 aromatic heterocycles. The van der Waals surface area contributed by atoms with Gasteiger partial charge in [0.25, 0.3) is 5.56 Å². The van der Waals surface area contributed by atoms with E-state index in [1.807, 2.05) is 25.1 Å². The molecule has 28 heavy (non-hydrogen) atoms. The van der Waals surface area contributed by atoms with Crippen LogP contribution in [0.1, 0.15) is 24.0 Å². The molecule has 9 heteroatoms. The molecule has 0 aliphatic carbocycles. The van der Waals surface area contributed by atoms with Gasteiger partial charge in [-0.15, -0.1) is 0 Å². The van der Waals surface area contributed by atoms with E-state index in [1.165, 1.54) is 0 Å². The van der Waals surface area contributed by atoms with Crippen LogP contribution < -0.4 is 10.9 Å². The highest BCUT2D eigenvalue weighted by Gasteiger charge is 2.47. The van der Waals surface area contributed by atoms with Gasteiger partial charge in [0, 0.05) is 24.2 Å². The summed E-state index contributed by atoms with van der Waals surface area (Å²) in [5, 5.41) is 3.40. The SMILES string of the molecule is Cc1ccc2[nH]c(=O)c(CCNC(=O)C3CCCN3C(=O)C(F)(F)F)cc2c1. The van der Waals surface area contributed by atoms with Crippen LogP contribution in [0.5, 0.6) is 0 Å². The molecule has 1 aromatic carbocycles. The molecule has 1 saturated heterocycles. The smallest absolute Gasteiger partial charge is 0.354 e. The summed E-state index contributed by atoms with van der Waals surface area (Å²) in [5.41, 5.74) is 1.93. The minimum Gasteiger partial charge on any atom is -0.354 e. The summed E-state index contributed by atoms with van der Waals surface area (Å²) in [7, 11) is 0. The van der Waals surface area contributed by atoms with Gasteiger partial charge in [0.2, 0.25) is 5.91 Å². The normalized spacial score (nSPS) is 17.1. The lowest BCUT2D eigenvalue weighted by molar-refractivity contribution is -0.186. The Balaban J connectivity index is 1.64. The molecular formula is C19H20F3N3O3. The molecule has 6 nitrogen and oxygen atoms in total. The van der Waals surface area contributed by atoms with E-state index in [9.17, 15) is 27.6 Å². The van der Waals surface area contributed by atoms with Crippen LogP contribution in [0.4, 0.5) is 13.2 Å². The number of alkyl halides is 3. The third-order valence-electron chi connectivity index (χ3n) is 4.83. The van der Waals surface area contributed by atoms with E-state index in [0.29, 0.717) is 22.4 Å². The number of halogens is 3. The lowest BCUT2D eigenvalue weighted by atomic mass is 10.1. The standard InChI is InChI=1S/C19H20F3N3O3/c1-11-4-5-14-13(9-11)10-12(16(26)24-14)6-7-23-17(27)15-3-2-8-25(15)18(28)19(20,21)22/h4-5,9-10,15H,2-3,6-8H2,1H3,(H,23,27)(H,24,26). The molecule has 1 aliphatic rings. The lowest BCUT2D eigenvalue weighted by Crippen LogP contribution is -2.50. The minimum absolute atomic E-state index is 0.0871. The summed E-state index contributed by atoms with van der Waals surface area (Å²) in [6.45, 7) is 1.92. The van der Waals surface area contributed by atoms with Gasteiger partial charge in [-0.05, 0) is 49.8 Å². The first-order valence-electron chi connectivity index (χ1n) is 8.95. The van der Waals surface area contributed by atoms with E-state index in [1.54, 1.807) is 6.07 Å². The number of benzene rings is 1. The summed E-state index contributed by atoms with van der Waals surface area (Å²) in [6.07, 6.45) is -4.25. The number of pyridine rings is 1. The highest BCUT2D eigenvalue weighted by Crippen LogP contribution is 2.25. The van der Waals surface area contributed by atoms with Crippen LogP contribution in [-0.2, 0) is 16.0 Å². The zero-order valence-electron chi connectivity index (χ0n) is 15.2. The Morgan fingerprint density at radius 3 is 2.75 bits per heavy atom. The number of rotatable bonds is 4. The molecule has 2 amide bonds. The number of hydrogen-bond donors (Lipinski definition) is 2. The topological polar surface area (TPSA) is 82.3 Å². The average molecular weight is 395 g/mol. The first-order valence-corrected chi connectivity index (χ1v) is 8.95. The molecule has 0 bridgehead atoms. The average Bonchev–Trinajstić information content (AvgIpc) is 3.10. The Hall–Kier alpha value is -2.84.